The van der Waals surface area contributed by atoms with Gasteiger partial charge in [-0.25, -0.2) is 10.9 Å². The first-order valence-electron chi connectivity index (χ1n) is 4.83. The molecule has 0 aromatic carbocycles. The normalized spacial score (nSPS) is 36.2. The van der Waals surface area contributed by atoms with Gasteiger partial charge < -0.3 is 0 Å². The molecule has 3 heteroatoms. The lowest BCUT2D eigenvalue weighted by Gasteiger charge is -2.31. The molecule has 2 nitrogen and oxygen atoms in total. The quantitative estimate of drug-likeness (QED) is 0.711. The van der Waals surface area contributed by atoms with Crippen LogP contribution in [0.25, 0.3) is 0 Å². The average Bonchev–Trinajstić information content (AvgIpc) is 2.34. The predicted octanol–water partition coefficient (Wildman–Crippen LogP) is 2.33. The first-order chi connectivity index (χ1) is 5.62. The van der Waals surface area contributed by atoms with Crippen LogP contribution in [0.5, 0.6) is 0 Å². The predicted molar refractivity (Wildman–Crippen MR) is 55.8 cm³/mol. The van der Waals surface area contributed by atoms with Crippen LogP contribution in [-0.2, 0) is 0 Å². The lowest BCUT2D eigenvalue weighted by molar-refractivity contribution is 0.306. The van der Waals surface area contributed by atoms with Gasteiger partial charge in [-0.2, -0.15) is 0 Å². The molecule has 2 N–H and O–H groups in total. The van der Waals surface area contributed by atoms with E-state index in [2.05, 4.69) is 38.5 Å². The molecule has 0 amide bonds. The van der Waals surface area contributed by atoms with E-state index in [1.54, 1.807) is 0 Å². The zero-order valence-corrected chi connectivity index (χ0v) is 9.29. The van der Waals surface area contributed by atoms with E-state index < -0.39 is 0 Å². The Hall–Kier alpha value is 0.270. The Balaban J connectivity index is 2.58. The molecule has 12 heavy (non-hydrogen) atoms. The molecule has 0 spiro atoms. The van der Waals surface area contributed by atoms with Crippen LogP contribution < -0.4 is 10.9 Å². The lowest BCUT2D eigenvalue weighted by atomic mass is 9.95. The fourth-order valence-electron chi connectivity index (χ4n) is 1.94. The molecule has 1 fully saturated rings. The van der Waals surface area contributed by atoms with Crippen molar-refractivity contribution in [1.82, 2.24) is 10.9 Å². The molecule has 2 unspecified atom stereocenters. The first-order valence-corrected chi connectivity index (χ1v) is 5.70. The molecule has 2 atom stereocenters. The van der Waals surface area contributed by atoms with Crippen molar-refractivity contribution in [3.63, 3.8) is 0 Å². The number of hydrazine groups is 1. The molecule has 1 heterocycles. The van der Waals surface area contributed by atoms with Gasteiger partial charge in [0.25, 0.3) is 0 Å². The zero-order chi connectivity index (χ0) is 9.19. The lowest BCUT2D eigenvalue weighted by Crippen LogP contribution is -2.45. The van der Waals surface area contributed by atoms with Crippen LogP contribution >= 0.6 is 11.8 Å². The molecule has 1 rings (SSSR count). The van der Waals surface area contributed by atoms with Crippen molar-refractivity contribution >= 4 is 11.8 Å². The Morgan fingerprint density at radius 3 is 2.33 bits per heavy atom. The SMILES string of the molecule is CCC(CC)C1(C)NNC(C)S1. The fraction of sp³-hybridized carbons (Fsp3) is 1.00. The second kappa shape index (κ2) is 3.99. The van der Waals surface area contributed by atoms with Crippen LogP contribution in [0.3, 0.4) is 0 Å². The molecule has 1 aliphatic heterocycles. The smallest absolute Gasteiger partial charge is 0.0790 e. The third kappa shape index (κ3) is 1.95. The van der Waals surface area contributed by atoms with Gasteiger partial charge in [-0.05, 0) is 19.8 Å². The monoisotopic (exact) mass is 188 g/mol. The number of thioether (sulfide) groups is 1. The molecule has 0 bridgehead atoms. The minimum Gasteiger partial charge on any atom is -0.244 e. The van der Waals surface area contributed by atoms with E-state index in [4.69, 9.17) is 0 Å². The van der Waals surface area contributed by atoms with E-state index in [1.807, 2.05) is 11.8 Å². The van der Waals surface area contributed by atoms with Gasteiger partial charge >= 0.3 is 0 Å². The van der Waals surface area contributed by atoms with E-state index in [0.717, 1.165) is 5.92 Å². The number of hydrogen-bond acceptors (Lipinski definition) is 3. The highest BCUT2D eigenvalue weighted by Gasteiger charge is 2.38. The molecule has 0 radical (unpaired) electrons. The number of nitrogens with one attached hydrogen (secondary N) is 2. The number of rotatable bonds is 3. The Labute approximate surface area is 79.8 Å². The Kier molecular flexibility index (Phi) is 3.44. The second-order valence-corrected chi connectivity index (χ2v) is 5.44. The molecule has 0 aromatic heterocycles. The zero-order valence-electron chi connectivity index (χ0n) is 8.48. The van der Waals surface area contributed by atoms with Crippen molar-refractivity contribution in [2.45, 2.75) is 50.8 Å². The van der Waals surface area contributed by atoms with Gasteiger partial charge in [0.2, 0.25) is 0 Å². The fourth-order valence-corrected chi connectivity index (χ4v) is 3.43. The van der Waals surface area contributed by atoms with Crippen LogP contribution in [0.1, 0.15) is 40.5 Å². The van der Waals surface area contributed by atoms with Crippen LogP contribution in [0.2, 0.25) is 0 Å². The standard InChI is InChI=1S/C9H20N2S/c1-5-8(6-2)9(4)11-10-7(3)12-9/h7-8,10-11H,5-6H2,1-4H3. The van der Waals surface area contributed by atoms with Crippen LogP contribution in [0.15, 0.2) is 0 Å². The van der Waals surface area contributed by atoms with E-state index in [-0.39, 0.29) is 4.87 Å². The van der Waals surface area contributed by atoms with Gasteiger partial charge in [-0.1, -0.05) is 26.7 Å². The molecule has 0 aromatic rings. The maximum Gasteiger partial charge on any atom is 0.0790 e. The highest BCUT2D eigenvalue weighted by atomic mass is 32.2. The summed E-state index contributed by atoms with van der Waals surface area (Å²) in [6, 6.07) is 0. The Morgan fingerprint density at radius 1 is 1.42 bits per heavy atom. The van der Waals surface area contributed by atoms with Crippen molar-refractivity contribution in [3.8, 4) is 0 Å². The van der Waals surface area contributed by atoms with Crippen LogP contribution in [0.4, 0.5) is 0 Å². The van der Waals surface area contributed by atoms with Gasteiger partial charge in [0.1, 0.15) is 0 Å². The Bertz CT molecular complexity index is 147. The molecule has 1 saturated heterocycles. The summed E-state index contributed by atoms with van der Waals surface area (Å²) in [6.45, 7) is 9.03. The minimum atomic E-state index is 0.239. The summed E-state index contributed by atoms with van der Waals surface area (Å²) in [5, 5.41) is 0.538. The summed E-state index contributed by atoms with van der Waals surface area (Å²) >= 11 is 2.00. The minimum absolute atomic E-state index is 0.239. The van der Waals surface area contributed by atoms with E-state index in [9.17, 15) is 0 Å². The van der Waals surface area contributed by atoms with Crippen molar-refractivity contribution < 1.29 is 0 Å². The molecular formula is C9H20N2S. The summed E-state index contributed by atoms with van der Waals surface area (Å²) in [7, 11) is 0. The van der Waals surface area contributed by atoms with Crippen LogP contribution in [-0.4, -0.2) is 10.2 Å². The van der Waals surface area contributed by atoms with Gasteiger partial charge in [0.05, 0.1) is 10.2 Å². The van der Waals surface area contributed by atoms with Gasteiger partial charge in [0, 0.05) is 0 Å². The third-order valence-corrected chi connectivity index (χ3v) is 4.11. The highest BCUT2D eigenvalue weighted by molar-refractivity contribution is 8.01. The van der Waals surface area contributed by atoms with E-state index in [0.29, 0.717) is 5.37 Å². The maximum atomic E-state index is 3.40. The van der Waals surface area contributed by atoms with Crippen molar-refractivity contribution in [2.75, 3.05) is 0 Å². The molecular weight excluding hydrogens is 168 g/mol. The van der Waals surface area contributed by atoms with E-state index in [1.165, 1.54) is 12.8 Å². The van der Waals surface area contributed by atoms with Crippen molar-refractivity contribution in [3.05, 3.63) is 0 Å². The summed E-state index contributed by atoms with van der Waals surface area (Å²) < 4.78 is 0. The van der Waals surface area contributed by atoms with Gasteiger partial charge in [-0.3, -0.25) is 0 Å². The van der Waals surface area contributed by atoms with E-state index >= 15 is 0 Å². The molecule has 72 valence electrons. The average molecular weight is 188 g/mol. The van der Waals surface area contributed by atoms with Gasteiger partial charge in [-0.15, -0.1) is 11.8 Å². The summed E-state index contributed by atoms with van der Waals surface area (Å²) in [4.78, 5) is 0.239. The van der Waals surface area contributed by atoms with Crippen LogP contribution in [0, 0.1) is 5.92 Å². The highest BCUT2D eigenvalue weighted by Crippen LogP contribution is 2.39. The topological polar surface area (TPSA) is 24.1 Å². The first kappa shape index (κ1) is 10.4. The summed E-state index contributed by atoms with van der Waals surface area (Å²) in [5.41, 5.74) is 6.67. The Morgan fingerprint density at radius 2 is 2.00 bits per heavy atom. The second-order valence-electron chi connectivity index (χ2n) is 3.65. The largest absolute Gasteiger partial charge is 0.244 e. The number of hydrogen-bond donors (Lipinski definition) is 2. The van der Waals surface area contributed by atoms with Crippen molar-refractivity contribution in [1.29, 1.82) is 0 Å². The summed E-state index contributed by atoms with van der Waals surface area (Å²) in [6.07, 6.45) is 2.50. The molecule has 0 aliphatic carbocycles. The maximum absolute atomic E-state index is 3.40. The molecule has 0 saturated carbocycles. The molecule has 1 aliphatic rings. The summed E-state index contributed by atoms with van der Waals surface area (Å²) in [5.74, 6) is 0.764. The van der Waals surface area contributed by atoms with Crippen molar-refractivity contribution in [2.24, 2.45) is 5.92 Å². The van der Waals surface area contributed by atoms with Gasteiger partial charge in [0.15, 0.2) is 0 Å². The third-order valence-electron chi connectivity index (χ3n) is 2.71.